The second-order valence-electron chi connectivity index (χ2n) is 7.23. The first kappa shape index (κ1) is 22.2. The fourth-order valence-corrected chi connectivity index (χ4v) is 3.91. The van der Waals surface area contributed by atoms with Gasteiger partial charge in [-0.05, 0) is 39.0 Å². The minimum atomic E-state index is -4.27. The second kappa shape index (κ2) is 8.08. The summed E-state index contributed by atoms with van der Waals surface area (Å²) < 4.78 is 32.5. The van der Waals surface area contributed by atoms with Crippen LogP contribution in [0.15, 0.2) is 53.4 Å². The Labute approximate surface area is 169 Å². The fourth-order valence-electron chi connectivity index (χ4n) is 2.55. The summed E-state index contributed by atoms with van der Waals surface area (Å²) in [6, 6.07) is 11.4. The standard InChI is InChI=1S/C19H23N3O6S/c1-19(2,3)28-18(23)20(4)14-10-6-7-11-15(14)21(5)29(26,27)17-13-9-8-12-16(17)22(24)25/h6-13H,1-5H3. The summed E-state index contributed by atoms with van der Waals surface area (Å²) in [5, 5.41) is 11.3. The molecule has 2 aromatic carbocycles. The molecule has 0 radical (unpaired) electrons. The Morgan fingerprint density at radius 1 is 1.00 bits per heavy atom. The van der Waals surface area contributed by atoms with Crippen LogP contribution in [0.5, 0.6) is 0 Å². The maximum absolute atomic E-state index is 13.1. The van der Waals surface area contributed by atoms with Crippen LogP contribution in [-0.4, -0.2) is 39.1 Å². The average molecular weight is 421 g/mol. The highest BCUT2D eigenvalue weighted by Crippen LogP contribution is 2.34. The second-order valence-corrected chi connectivity index (χ2v) is 9.16. The minimum Gasteiger partial charge on any atom is -0.443 e. The number of nitro groups is 1. The Kier molecular flexibility index (Phi) is 6.17. The van der Waals surface area contributed by atoms with Gasteiger partial charge in [0.25, 0.3) is 15.7 Å². The molecule has 0 aliphatic carbocycles. The lowest BCUT2D eigenvalue weighted by atomic mass is 10.2. The molecule has 0 saturated heterocycles. The van der Waals surface area contributed by atoms with E-state index in [1.165, 1.54) is 43.3 Å². The molecule has 0 atom stereocenters. The first-order valence-electron chi connectivity index (χ1n) is 8.64. The van der Waals surface area contributed by atoms with Crippen LogP contribution in [0.2, 0.25) is 0 Å². The Hall–Kier alpha value is -3.14. The Morgan fingerprint density at radius 3 is 2.07 bits per heavy atom. The van der Waals surface area contributed by atoms with Crippen molar-refractivity contribution in [3.63, 3.8) is 0 Å². The topological polar surface area (TPSA) is 110 Å². The van der Waals surface area contributed by atoms with Gasteiger partial charge in [-0.3, -0.25) is 19.3 Å². The summed E-state index contributed by atoms with van der Waals surface area (Å²) in [4.78, 5) is 23.7. The number of ether oxygens (including phenoxy) is 1. The van der Waals surface area contributed by atoms with Gasteiger partial charge in [0.05, 0.1) is 16.3 Å². The van der Waals surface area contributed by atoms with E-state index >= 15 is 0 Å². The van der Waals surface area contributed by atoms with E-state index < -0.39 is 37.2 Å². The molecule has 1 amide bonds. The first-order valence-corrected chi connectivity index (χ1v) is 10.1. The zero-order valence-electron chi connectivity index (χ0n) is 16.8. The summed E-state index contributed by atoms with van der Waals surface area (Å²) >= 11 is 0. The zero-order valence-corrected chi connectivity index (χ0v) is 17.6. The van der Waals surface area contributed by atoms with Crippen molar-refractivity contribution in [2.24, 2.45) is 0 Å². The van der Waals surface area contributed by atoms with Crippen molar-refractivity contribution < 1.29 is 22.9 Å². The van der Waals surface area contributed by atoms with Crippen LogP contribution in [0.1, 0.15) is 20.8 Å². The maximum Gasteiger partial charge on any atom is 0.414 e. The molecule has 0 aliphatic heterocycles. The number of sulfonamides is 1. The molecule has 0 bridgehead atoms. The predicted molar refractivity (Wildman–Crippen MR) is 110 cm³/mol. The monoisotopic (exact) mass is 421 g/mol. The number of rotatable bonds is 5. The van der Waals surface area contributed by atoms with E-state index in [1.807, 2.05) is 0 Å². The maximum atomic E-state index is 13.1. The Morgan fingerprint density at radius 2 is 1.52 bits per heavy atom. The van der Waals surface area contributed by atoms with Gasteiger partial charge in [-0.2, -0.15) is 0 Å². The van der Waals surface area contributed by atoms with Gasteiger partial charge in [0.1, 0.15) is 5.60 Å². The summed E-state index contributed by atoms with van der Waals surface area (Å²) in [6.45, 7) is 5.15. The van der Waals surface area contributed by atoms with E-state index in [9.17, 15) is 23.3 Å². The number of nitrogens with zero attached hydrogens (tertiary/aromatic N) is 3. The molecule has 0 fully saturated rings. The van der Waals surface area contributed by atoms with Gasteiger partial charge in [-0.25, -0.2) is 13.2 Å². The van der Waals surface area contributed by atoms with Crippen molar-refractivity contribution in [3.05, 3.63) is 58.6 Å². The van der Waals surface area contributed by atoms with E-state index in [4.69, 9.17) is 4.74 Å². The summed E-state index contributed by atoms with van der Waals surface area (Å²) in [7, 11) is -1.54. The molecule has 10 heteroatoms. The molecule has 0 aromatic heterocycles. The molecule has 0 spiro atoms. The highest BCUT2D eigenvalue weighted by atomic mass is 32.2. The van der Waals surface area contributed by atoms with E-state index in [-0.39, 0.29) is 11.4 Å². The number of para-hydroxylation sites is 3. The lowest BCUT2D eigenvalue weighted by molar-refractivity contribution is -0.387. The molecule has 0 N–H and O–H groups in total. The Bertz CT molecular complexity index is 1030. The van der Waals surface area contributed by atoms with E-state index in [0.717, 1.165) is 10.4 Å². The summed E-state index contributed by atoms with van der Waals surface area (Å²) in [5.74, 6) is 0. The molecule has 2 rings (SSSR count). The van der Waals surface area contributed by atoms with Crippen molar-refractivity contribution in [3.8, 4) is 0 Å². The molecular weight excluding hydrogens is 398 g/mol. The van der Waals surface area contributed by atoms with Gasteiger partial charge >= 0.3 is 6.09 Å². The lowest BCUT2D eigenvalue weighted by Gasteiger charge is -2.28. The van der Waals surface area contributed by atoms with Crippen LogP contribution >= 0.6 is 0 Å². The molecule has 0 aliphatic rings. The van der Waals surface area contributed by atoms with Crippen molar-refractivity contribution in [2.75, 3.05) is 23.3 Å². The van der Waals surface area contributed by atoms with E-state index in [1.54, 1.807) is 39.0 Å². The third-order valence-electron chi connectivity index (χ3n) is 3.95. The molecule has 0 heterocycles. The quantitative estimate of drug-likeness (QED) is 0.536. The van der Waals surface area contributed by atoms with Crippen LogP contribution in [-0.2, 0) is 14.8 Å². The van der Waals surface area contributed by atoms with Crippen LogP contribution < -0.4 is 9.21 Å². The van der Waals surface area contributed by atoms with Crippen LogP contribution in [0.4, 0.5) is 21.9 Å². The number of benzene rings is 2. The third-order valence-corrected chi connectivity index (χ3v) is 5.77. The molecule has 0 unspecified atom stereocenters. The highest BCUT2D eigenvalue weighted by molar-refractivity contribution is 7.93. The van der Waals surface area contributed by atoms with Crippen molar-refractivity contribution in [1.29, 1.82) is 0 Å². The van der Waals surface area contributed by atoms with Gasteiger partial charge < -0.3 is 4.74 Å². The molecule has 2 aromatic rings. The first-order chi connectivity index (χ1) is 13.4. The smallest absolute Gasteiger partial charge is 0.414 e. The van der Waals surface area contributed by atoms with Crippen LogP contribution in [0.25, 0.3) is 0 Å². The number of amides is 1. The number of hydrogen-bond donors (Lipinski definition) is 0. The average Bonchev–Trinajstić information content (AvgIpc) is 2.65. The summed E-state index contributed by atoms with van der Waals surface area (Å²) in [6.07, 6.45) is -0.665. The Balaban J connectivity index is 2.51. The predicted octanol–water partition coefficient (Wildman–Crippen LogP) is 3.79. The van der Waals surface area contributed by atoms with Crippen molar-refractivity contribution in [1.82, 2.24) is 0 Å². The van der Waals surface area contributed by atoms with E-state index in [2.05, 4.69) is 0 Å². The number of carbonyl (C=O) groups excluding carboxylic acids is 1. The fraction of sp³-hybridized carbons (Fsp3) is 0.316. The number of nitro benzene ring substituents is 1. The lowest BCUT2D eigenvalue weighted by Crippen LogP contribution is -2.36. The van der Waals surface area contributed by atoms with Gasteiger partial charge in [0.15, 0.2) is 4.90 Å². The van der Waals surface area contributed by atoms with Crippen molar-refractivity contribution >= 4 is 33.2 Å². The van der Waals surface area contributed by atoms with Crippen LogP contribution in [0.3, 0.4) is 0 Å². The third kappa shape index (κ3) is 4.83. The molecular formula is C19H23N3O6S. The summed E-state index contributed by atoms with van der Waals surface area (Å²) in [5.41, 5.74) is -0.828. The molecule has 29 heavy (non-hydrogen) atoms. The molecule has 0 saturated carbocycles. The number of hydrogen-bond acceptors (Lipinski definition) is 6. The zero-order chi connectivity index (χ0) is 22.0. The largest absolute Gasteiger partial charge is 0.443 e. The van der Waals surface area contributed by atoms with Gasteiger partial charge in [-0.15, -0.1) is 0 Å². The van der Waals surface area contributed by atoms with Gasteiger partial charge in [-0.1, -0.05) is 24.3 Å². The number of anilines is 2. The SMILES string of the molecule is CN(C(=O)OC(C)(C)C)c1ccccc1N(C)S(=O)(=O)c1ccccc1[N+](=O)[O-]. The molecule has 156 valence electrons. The van der Waals surface area contributed by atoms with Gasteiger partial charge in [0, 0.05) is 20.2 Å². The van der Waals surface area contributed by atoms with Crippen molar-refractivity contribution in [2.45, 2.75) is 31.3 Å². The van der Waals surface area contributed by atoms with Crippen LogP contribution in [0, 0.1) is 10.1 Å². The minimum absolute atomic E-state index is 0.166. The highest BCUT2D eigenvalue weighted by Gasteiger charge is 2.32. The molecule has 9 nitrogen and oxygen atoms in total. The van der Waals surface area contributed by atoms with Gasteiger partial charge in [0.2, 0.25) is 0 Å². The van der Waals surface area contributed by atoms with E-state index in [0.29, 0.717) is 0 Å². The normalized spacial score (nSPS) is 11.6. The number of carbonyl (C=O) groups is 1.